The van der Waals surface area contributed by atoms with Crippen molar-refractivity contribution in [3.63, 3.8) is 0 Å². The number of piperidine rings is 1. The van der Waals surface area contributed by atoms with Gasteiger partial charge in [0.05, 0.1) is 5.69 Å². The number of aryl methyl sites for hydroxylation is 2. The monoisotopic (exact) mass is 357 g/mol. The zero-order chi connectivity index (χ0) is 18.6. The van der Waals surface area contributed by atoms with Crippen LogP contribution >= 0.6 is 0 Å². The first-order valence-electron chi connectivity index (χ1n) is 9.18. The van der Waals surface area contributed by atoms with E-state index in [1.807, 2.05) is 32.0 Å². The van der Waals surface area contributed by atoms with Crippen LogP contribution in [0.2, 0.25) is 0 Å². The second kappa shape index (κ2) is 8.01. The van der Waals surface area contributed by atoms with Crippen molar-refractivity contribution in [3.8, 4) is 0 Å². The molecule has 1 aliphatic rings. The minimum Gasteiger partial charge on any atom is -0.379 e. The summed E-state index contributed by atoms with van der Waals surface area (Å²) < 4.78 is 5.15. The molecule has 6 nitrogen and oxygen atoms in total. The molecule has 26 heavy (non-hydrogen) atoms. The molecular weight excluding hydrogens is 330 g/mol. The molecule has 1 unspecified atom stereocenters. The number of aliphatic hydroxyl groups is 1. The quantitative estimate of drug-likeness (QED) is 0.792. The average molecular weight is 357 g/mol. The van der Waals surface area contributed by atoms with Gasteiger partial charge >= 0.3 is 0 Å². The van der Waals surface area contributed by atoms with Crippen molar-refractivity contribution in [3.05, 3.63) is 52.9 Å². The minimum atomic E-state index is -1.34. The van der Waals surface area contributed by atoms with Gasteiger partial charge in [0, 0.05) is 31.7 Å². The van der Waals surface area contributed by atoms with E-state index in [0.717, 1.165) is 29.9 Å². The lowest BCUT2D eigenvalue weighted by molar-refractivity contribution is -0.156. The zero-order valence-electron chi connectivity index (χ0n) is 15.5. The first kappa shape index (κ1) is 18.6. The van der Waals surface area contributed by atoms with Crippen molar-refractivity contribution < 1.29 is 14.4 Å². The maximum absolute atomic E-state index is 12.8. The van der Waals surface area contributed by atoms with E-state index in [0.29, 0.717) is 26.1 Å². The molecule has 2 N–H and O–H groups in total. The Hall–Kier alpha value is -2.18. The van der Waals surface area contributed by atoms with Gasteiger partial charge < -0.3 is 19.8 Å². The van der Waals surface area contributed by atoms with E-state index in [2.05, 4.69) is 22.6 Å². The lowest BCUT2D eigenvalue weighted by Crippen LogP contribution is -2.58. The summed E-state index contributed by atoms with van der Waals surface area (Å²) >= 11 is 0. The predicted molar refractivity (Wildman–Crippen MR) is 98.6 cm³/mol. The van der Waals surface area contributed by atoms with Crippen LogP contribution in [0, 0.1) is 13.8 Å². The van der Waals surface area contributed by atoms with Crippen LogP contribution in [0.25, 0.3) is 0 Å². The Balaban J connectivity index is 1.55. The molecule has 1 aromatic heterocycles. The normalized spacial score (nSPS) is 20.6. The number of aromatic nitrogens is 1. The van der Waals surface area contributed by atoms with Crippen molar-refractivity contribution in [2.24, 2.45) is 0 Å². The van der Waals surface area contributed by atoms with Crippen LogP contribution in [-0.4, -0.2) is 46.3 Å². The molecule has 0 aliphatic carbocycles. The van der Waals surface area contributed by atoms with Crippen LogP contribution in [0.15, 0.2) is 34.9 Å². The van der Waals surface area contributed by atoms with Gasteiger partial charge in [0.2, 0.25) is 0 Å². The van der Waals surface area contributed by atoms with Gasteiger partial charge in [-0.3, -0.25) is 4.79 Å². The van der Waals surface area contributed by atoms with Crippen LogP contribution < -0.4 is 5.32 Å². The smallest absolute Gasteiger partial charge is 0.255 e. The largest absolute Gasteiger partial charge is 0.379 e. The molecule has 1 amide bonds. The SMILES string of the molecule is Cc1noc(C)c1CNCC1(O)CCCN(CCc2ccccc2)C1=O. The first-order valence-corrected chi connectivity index (χ1v) is 9.18. The number of benzene rings is 1. The maximum atomic E-state index is 12.8. The zero-order valence-corrected chi connectivity index (χ0v) is 15.5. The Morgan fingerprint density at radius 1 is 1.31 bits per heavy atom. The van der Waals surface area contributed by atoms with Crippen molar-refractivity contribution in [2.45, 2.75) is 45.3 Å². The lowest BCUT2D eigenvalue weighted by atomic mass is 9.91. The van der Waals surface area contributed by atoms with Gasteiger partial charge in [0.1, 0.15) is 5.76 Å². The van der Waals surface area contributed by atoms with Gasteiger partial charge in [-0.15, -0.1) is 0 Å². The highest BCUT2D eigenvalue weighted by Gasteiger charge is 2.41. The molecule has 1 saturated heterocycles. The van der Waals surface area contributed by atoms with E-state index in [9.17, 15) is 9.90 Å². The Labute approximate surface area is 154 Å². The standard InChI is InChI=1S/C20H27N3O3/c1-15-18(16(2)26-22-15)13-21-14-20(25)10-6-11-23(19(20)24)12-9-17-7-4-3-5-8-17/h3-5,7-8,21,25H,6,9-14H2,1-2H3. The van der Waals surface area contributed by atoms with Gasteiger partial charge in [-0.25, -0.2) is 0 Å². The van der Waals surface area contributed by atoms with Crippen LogP contribution in [0.1, 0.15) is 35.4 Å². The molecule has 2 heterocycles. The summed E-state index contributed by atoms with van der Waals surface area (Å²) in [5.74, 6) is 0.590. The summed E-state index contributed by atoms with van der Waals surface area (Å²) in [6.07, 6.45) is 2.10. The van der Waals surface area contributed by atoms with Crippen molar-refractivity contribution in [1.82, 2.24) is 15.4 Å². The van der Waals surface area contributed by atoms with E-state index in [1.54, 1.807) is 4.90 Å². The topological polar surface area (TPSA) is 78.6 Å². The highest BCUT2D eigenvalue weighted by Crippen LogP contribution is 2.23. The molecular formula is C20H27N3O3. The lowest BCUT2D eigenvalue weighted by Gasteiger charge is -2.38. The summed E-state index contributed by atoms with van der Waals surface area (Å²) in [5, 5.41) is 18.0. The average Bonchev–Trinajstić information content (AvgIpc) is 2.96. The third-order valence-electron chi connectivity index (χ3n) is 5.12. The molecule has 3 rings (SSSR count). The number of nitrogens with zero attached hydrogens (tertiary/aromatic N) is 2. The number of carbonyl (C=O) groups excluding carboxylic acids is 1. The number of nitrogens with one attached hydrogen (secondary N) is 1. The highest BCUT2D eigenvalue weighted by atomic mass is 16.5. The number of hydrogen-bond donors (Lipinski definition) is 2. The minimum absolute atomic E-state index is 0.175. The van der Waals surface area contributed by atoms with Gasteiger partial charge in [-0.05, 0) is 38.7 Å². The summed E-state index contributed by atoms with van der Waals surface area (Å²) in [5.41, 5.74) is 1.68. The van der Waals surface area contributed by atoms with Gasteiger partial charge in [-0.1, -0.05) is 35.5 Å². The molecule has 1 atom stereocenters. The third-order valence-corrected chi connectivity index (χ3v) is 5.12. The second-order valence-electron chi connectivity index (χ2n) is 7.07. The van der Waals surface area contributed by atoms with Crippen LogP contribution in [0.4, 0.5) is 0 Å². The predicted octanol–water partition coefficient (Wildman–Crippen LogP) is 1.98. The maximum Gasteiger partial charge on any atom is 0.255 e. The Morgan fingerprint density at radius 3 is 2.77 bits per heavy atom. The van der Waals surface area contributed by atoms with Gasteiger partial charge in [0.25, 0.3) is 5.91 Å². The van der Waals surface area contributed by atoms with Gasteiger partial charge in [-0.2, -0.15) is 0 Å². The van der Waals surface area contributed by atoms with E-state index >= 15 is 0 Å². The molecule has 2 aromatic rings. The van der Waals surface area contributed by atoms with Crippen LogP contribution in [0.3, 0.4) is 0 Å². The van der Waals surface area contributed by atoms with Crippen molar-refractivity contribution in [1.29, 1.82) is 0 Å². The molecule has 0 saturated carbocycles. The third kappa shape index (κ3) is 4.14. The van der Waals surface area contributed by atoms with E-state index < -0.39 is 5.60 Å². The fourth-order valence-electron chi connectivity index (χ4n) is 3.50. The Kier molecular flexibility index (Phi) is 5.74. The van der Waals surface area contributed by atoms with Crippen LogP contribution in [-0.2, 0) is 17.8 Å². The number of amides is 1. The summed E-state index contributed by atoms with van der Waals surface area (Å²) in [6.45, 7) is 5.85. The van der Waals surface area contributed by atoms with Gasteiger partial charge in [0.15, 0.2) is 5.60 Å². The fraction of sp³-hybridized carbons (Fsp3) is 0.500. The molecule has 0 bridgehead atoms. The first-order chi connectivity index (χ1) is 12.5. The van der Waals surface area contributed by atoms with Crippen LogP contribution in [0.5, 0.6) is 0 Å². The second-order valence-corrected chi connectivity index (χ2v) is 7.07. The fourth-order valence-corrected chi connectivity index (χ4v) is 3.50. The summed E-state index contributed by atoms with van der Waals surface area (Å²) in [6, 6.07) is 10.1. The molecule has 6 heteroatoms. The molecule has 1 fully saturated rings. The number of rotatable bonds is 7. The Morgan fingerprint density at radius 2 is 2.08 bits per heavy atom. The Bertz CT molecular complexity index is 725. The number of hydrogen-bond acceptors (Lipinski definition) is 5. The molecule has 1 aromatic carbocycles. The van der Waals surface area contributed by atoms with E-state index in [4.69, 9.17) is 4.52 Å². The molecule has 140 valence electrons. The molecule has 0 radical (unpaired) electrons. The summed E-state index contributed by atoms with van der Waals surface area (Å²) in [4.78, 5) is 14.6. The summed E-state index contributed by atoms with van der Waals surface area (Å²) in [7, 11) is 0. The van der Waals surface area contributed by atoms with Crippen molar-refractivity contribution >= 4 is 5.91 Å². The van der Waals surface area contributed by atoms with E-state index in [1.165, 1.54) is 5.56 Å². The molecule has 1 aliphatic heterocycles. The van der Waals surface area contributed by atoms with E-state index in [-0.39, 0.29) is 12.5 Å². The number of likely N-dealkylation sites (tertiary alicyclic amines) is 1. The van der Waals surface area contributed by atoms with Crippen molar-refractivity contribution in [2.75, 3.05) is 19.6 Å². The number of carbonyl (C=O) groups is 1. The molecule has 0 spiro atoms. The highest BCUT2D eigenvalue weighted by molar-refractivity contribution is 5.86.